The summed E-state index contributed by atoms with van der Waals surface area (Å²) in [5.41, 5.74) is 1.20. The SMILES string of the molecule is COCCOc1cc(OC)ccc1C(=O)Nc1ncc(-c2ccccn2)s1. The molecule has 1 aromatic carbocycles. The molecule has 0 unspecified atom stereocenters. The van der Waals surface area contributed by atoms with Gasteiger partial charge in [0.15, 0.2) is 5.13 Å². The Morgan fingerprint density at radius 1 is 1.15 bits per heavy atom. The van der Waals surface area contributed by atoms with E-state index in [2.05, 4.69) is 15.3 Å². The maximum atomic E-state index is 12.7. The molecule has 0 aliphatic rings. The van der Waals surface area contributed by atoms with Gasteiger partial charge in [-0.15, -0.1) is 0 Å². The molecule has 27 heavy (non-hydrogen) atoms. The molecule has 140 valence electrons. The van der Waals surface area contributed by atoms with Gasteiger partial charge >= 0.3 is 0 Å². The number of pyridine rings is 1. The second-order valence-corrected chi connectivity index (χ2v) is 6.43. The molecule has 0 radical (unpaired) electrons. The summed E-state index contributed by atoms with van der Waals surface area (Å²) in [6.45, 7) is 0.739. The van der Waals surface area contributed by atoms with Gasteiger partial charge in [-0.3, -0.25) is 15.1 Å². The summed E-state index contributed by atoms with van der Waals surface area (Å²) in [5.74, 6) is 0.711. The van der Waals surface area contributed by atoms with Gasteiger partial charge in [0.1, 0.15) is 18.1 Å². The van der Waals surface area contributed by atoms with Crippen molar-refractivity contribution < 1.29 is 19.0 Å². The summed E-state index contributed by atoms with van der Waals surface area (Å²) in [5, 5.41) is 3.29. The first-order chi connectivity index (χ1) is 13.2. The van der Waals surface area contributed by atoms with Gasteiger partial charge in [-0.2, -0.15) is 0 Å². The van der Waals surface area contributed by atoms with E-state index in [0.29, 0.717) is 35.4 Å². The predicted molar refractivity (Wildman–Crippen MR) is 104 cm³/mol. The quantitative estimate of drug-likeness (QED) is 0.598. The molecule has 7 nitrogen and oxygen atoms in total. The zero-order valence-electron chi connectivity index (χ0n) is 15.0. The Balaban J connectivity index is 1.76. The molecule has 0 fully saturated rings. The highest BCUT2D eigenvalue weighted by Gasteiger charge is 2.16. The van der Waals surface area contributed by atoms with Gasteiger partial charge in [-0.1, -0.05) is 17.4 Å². The molecule has 0 spiro atoms. The van der Waals surface area contributed by atoms with Crippen molar-refractivity contribution in [3.63, 3.8) is 0 Å². The average Bonchev–Trinajstić information content (AvgIpc) is 3.17. The highest BCUT2D eigenvalue weighted by molar-refractivity contribution is 7.19. The molecular formula is C19H19N3O4S. The minimum atomic E-state index is -0.313. The number of thiazole rings is 1. The van der Waals surface area contributed by atoms with Crippen LogP contribution in [0.3, 0.4) is 0 Å². The van der Waals surface area contributed by atoms with Crippen LogP contribution in [0.25, 0.3) is 10.6 Å². The first-order valence-electron chi connectivity index (χ1n) is 8.19. The fraction of sp³-hybridized carbons (Fsp3) is 0.211. The first kappa shape index (κ1) is 18.8. The number of anilines is 1. The van der Waals surface area contributed by atoms with E-state index in [9.17, 15) is 4.79 Å². The smallest absolute Gasteiger partial charge is 0.261 e. The van der Waals surface area contributed by atoms with Crippen LogP contribution in [-0.2, 0) is 4.74 Å². The van der Waals surface area contributed by atoms with Gasteiger partial charge in [0.25, 0.3) is 5.91 Å². The fourth-order valence-electron chi connectivity index (χ4n) is 2.29. The van der Waals surface area contributed by atoms with Crippen LogP contribution in [0.1, 0.15) is 10.4 Å². The highest BCUT2D eigenvalue weighted by atomic mass is 32.1. The molecule has 2 aromatic heterocycles. The molecule has 0 aliphatic carbocycles. The third-order valence-corrected chi connectivity index (χ3v) is 4.56. The van der Waals surface area contributed by atoms with E-state index < -0.39 is 0 Å². The molecule has 3 rings (SSSR count). The second kappa shape index (κ2) is 9.11. The number of ether oxygens (including phenoxy) is 3. The Bertz CT molecular complexity index is 899. The van der Waals surface area contributed by atoms with Crippen molar-refractivity contribution in [1.29, 1.82) is 0 Å². The van der Waals surface area contributed by atoms with Crippen molar-refractivity contribution in [3.05, 3.63) is 54.4 Å². The Labute approximate surface area is 161 Å². The maximum absolute atomic E-state index is 12.7. The molecule has 0 aliphatic heterocycles. The van der Waals surface area contributed by atoms with E-state index in [0.717, 1.165) is 10.6 Å². The summed E-state index contributed by atoms with van der Waals surface area (Å²) >= 11 is 1.35. The molecule has 8 heteroatoms. The maximum Gasteiger partial charge on any atom is 0.261 e. The van der Waals surface area contributed by atoms with Crippen LogP contribution in [-0.4, -0.2) is 43.3 Å². The van der Waals surface area contributed by atoms with Crippen LogP contribution in [0.5, 0.6) is 11.5 Å². The van der Waals surface area contributed by atoms with Gasteiger partial charge in [-0.25, -0.2) is 4.98 Å². The Morgan fingerprint density at radius 3 is 2.78 bits per heavy atom. The van der Waals surface area contributed by atoms with Crippen molar-refractivity contribution >= 4 is 22.4 Å². The van der Waals surface area contributed by atoms with Gasteiger partial charge in [-0.05, 0) is 24.3 Å². The number of hydrogen-bond donors (Lipinski definition) is 1. The summed E-state index contributed by atoms with van der Waals surface area (Å²) in [6, 6.07) is 10.7. The van der Waals surface area contributed by atoms with E-state index in [1.807, 2.05) is 18.2 Å². The number of carbonyl (C=O) groups excluding carboxylic acids is 1. The molecule has 1 N–H and O–H groups in total. The summed E-state index contributed by atoms with van der Waals surface area (Å²) in [7, 11) is 3.15. The summed E-state index contributed by atoms with van der Waals surface area (Å²) in [6.07, 6.45) is 3.40. The third kappa shape index (κ3) is 4.81. The third-order valence-electron chi connectivity index (χ3n) is 3.62. The lowest BCUT2D eigenvalue weighted by atomic mass is 10.2. The normalized spacial score (nSPS) is 10.4. The van der Waals surface area contributed by atoms with Crippen LogP contribution >= 0.6 is 11.3 Å². The van der Waals surface area contributed by atoms with Crippen LogP contribution in [0.2, 0.25) is 0 Å². The lowest BCUT2D eigenvalue weighted by Crippen LogP contribution is -2.15. The van der Waals surface area contributed by atoms with E-state index in [4.69, 9.17) is 14.2 Å². The zero-order chi connectivity index (χ0) is 19.1. The van der Waals surface area contributed by atoms with Gasteiger partial charge in [0.05, 0.1) is 29.9 Å². The molecule has 0 saturated carbocycles. The van der Waals surface area contributed by atoms with Crippen LogP contribution in [0, 0.1) is 0 Å². The Hall–Kier alpha value is -2.97. The molecular weight excluding hydrogens is 366 g/mol. The zero-order valence-corrected chi connectivity index (χ0v) is 15.8. The monoisotopic (exact) mass is 385 g/mol. The van der Waals surface area contributed by atoms with Crippen molar-refractivity contribution in [1.82, 2.24) is 9.97 Å². The van der Waals surface area contributed by atoms with Gasteiger partial charge in [0.2, 0.25) is 0 Å². The first-order valence-corrected chi connectivity index (χ1v) is 9.01. The lowest BCUT2D eigenvalue weighted by molar-refractivity contribution is 0.101. The van der Waals surface area contributed by atoms with Crippen molar-refractivity contribution in [2.45, 2.75) is 0 Å². The number of nitrogens with one attached hydrogen (secondary N) is 1. The number of hydrogen-bond acceptors (Lipinski definition) is 7. The molecule has 0 saturated heterocycles. The van der Waals surface area contributed by atoms with Gasteiger partial charge < -0.3 is 14.2 Å². The van der Waals surface area contributed by atoms with Crippen LogP contribution < -0.4 is 14.8 Å². The summed E-state index contributed by atoms with van der Waals surface area (Å²) in [4.78, 5) is 22.1. The van der Waals surface area contributed by atoms with Crippen molar-refractivity contribution in [2.24, 2.45) is 0 Å². The number of nitrogens with zero attached hydrogens (tertiary/aromatic N) is 2. The van der Waals surface area contributed by atoms with E-state index in [1.54, 1.807) is 44.8 Å². The van der Waals surface area contributed by atoms with E-state index in [-0.39, 0.29) is 5.91 Å². The number of amides is 1. The number of benzene rings is 1. The fourth-order valence-corrected chi connectivity index (χ4v) is 3.08. The minimum Gasteiger partial charge on any atom is -0.497 e. The minimum absolute atomic E-state index is 0.313. The number of rotatable bonds is 8. The molecule has 1 amide bonds. The molecule has 0 atom stereocenters. The Morgan fingerprint density at radius 2 is 2.04 bits per heavy atom. The standard InChI is InChI=1S/C19H19N3O4S/c1-24-9-10-26-16-11-13(25-2)6-7-14(16)18(23)22-19-21-12-17(27-19)15-5-3-4-8-20-15/h3-8,11-12H,9-10H2,1-2H3,(H,21,22,23). The second-order valence-electron chi connectivity index (χ2n) is 5.40. The topological polar surface area (TPSA) is 82.6 Å². The number of methoxy groups -OCH3 is 2. The number of carbonyl (C=O) groups is 1. The predicted octanol–water partition coefficient (Wildman–Crippen LogP) is 3.49. The highest BCUT2D eigenvalue weighted by Crippen LogP contribution is 2.29. The molecule has 3 aromatic rings. The van der Waals surface area contributed by atoms with E-state index >= 15 is 0 Å². The van der Waals surface area contributed by atoms with E-state index in [1.165, 1.54) is 11.3 Å². The lowest BCUT2D eigenvalue weighted by Gasteiger charge is -2.12. The Kier molecular flexibility index (Phi) is 6.35. The van der Waals surface area contributed by atoms with Crippen molar-refractivity contribution in [3.8, 4) is 22.1 Å². The van der Waals surface area contributed by atoms with Crippen molar-refractivity contribution in [2.75, 3.05) is 32.8 Å². The molecule has 0 bridgehead atoms. The van der Waals surface area contributed by atoms with Crippen LogP contribution in [0.4, 0.5) is 5.13 Å². The number of aromatic nitrogens is 2. The van der Waals surface area contributed by atoms with Crippen LogP contribution in [0.15, 0.2) is 48.8 Å². The molecule has 2 heterocycles. The van der Waals surface area contributed by atoms with Gasteiger partial charge in [0, 0.05) is 25.6 Å². The average molecular weight is 385 g/mol. The summed E-state index contributed by atoms with van der Waals surface area (Å²) < 4.78 is 15.9. The largest absolute Gasteiger partial charge is 0.497 e.